The summed E-state index contributed by atoms with van der Waals surface area (Å²) in [6, 6.07) is 9.33. The zero-order chi connectivity index (χ0) is 21.6. The molecule has 0 aliphatic heterocycles. The minimum Gasteiger partial charge on any atom is -0.322 e. The first-order chi connectivity index (χ1) is 13.7. The highest BCUT2D eigenvalue weighted by Crippen LogP contribution is 2.24. The van der Waals surface area contributed by atoms with E-state index in [-0.39, 0.29) is 21.2 Å². The molecule has 0 aliphatic rings. The first-order valence-electron chi connectivity index (χ1n) is 9.06. The van der Waals surface area contributed by atoms with Crippen molar-refractivity contribution in [2.24, 2.45) is 0 Å². The molecule has 0 radical (unpaired) electrons. The quantitative estimate of drug-likeness (QED) is 0.462. The molecule has 2 aromatic carbocycles. The van der Waals surface area contributed by atoms with E-state index in [9.17, 15) is 23.3 Å². The SMILES string of the molecule is CCCN(CCC)S(=O)(=O)c1ccc(NC(=O)c2cc([N+](=O)[O-])ccc2Cl)cc1. The Kier molecular flexibility index (Phi) is 7.72. The molecule has 1 amide bonds. The predicted molar refractivity (Wildman–Crippen MR) is 112 cm³/mol. The first-order valence-corrected chi connectivity index (χ1v) is 10.9. The Labute approximate surface area is 174 Å². The molecule has 29 heavy (non-hydrogen) atoms. The van der Waals surface area contributed by atoms with E-state index in [1.165, 1.54) is 40.7 Å². The fourth-order valence-electron chi connectivity index (χ4n) is 2.71. The molecule has 2 aromatic rings. The number of non-ortho nitro benzene ring substituents is 1. The fraction of sp³-hybridized carbons (Fsp3) is 0.316. The molecular weight excluding hydrogens is 418 g/mol. The minimum atomic E-state index is -3.62. The Morgan fingerprint density at radius 1 is 1.10 bits per heavy atom. The number of nitrogens with one attached hydrogen (secondary N) is 1. The van der Waals surface area contributed by atoms with E-state index in [1.54, 1.807) is 0 Å². The summed E-state index contributed by atoms with van der Waals surface area (Å²) >= 11 is 5.97. The number of carbonyl (C=O) groups excluding carboxylic acids is 1. The summed E-state index contributed by atoms with van der Waals surface area (Å²) in [5.74, 6) is -0.632. The summed E-state index contributed by atoms with van der Waals surface area (Å²) in [7, 11) is -3.62. The summed E-state index contributed by atoms with van der Waals surface area (Å²) in [6.07, 6.45) is 1.41. The second-order valence-corrected chi connectivity index (χ2v) is 8.65. The summed E-state index contributed by atoms with van der Waals surface area (Å²) < 4.78 is 27.0. The molecule has 1 N–H and O–H groups in total. The van der Waals surface area contributed by atoms with Crippen molar-refractivity contribution in [2.75, 3.05) is 18.4 Å². The number of halogens is 1. The van der Waals surface area contributed by atoms with Gasteiger partial charge in [-0.25, -0.2) is 8.42 Å². The van der Waals surface area contributed by atoms with Crippen LogP contribution >= 0.6 is 11.6 Å². The molecule has 0 aromatic heterocycles. The highest BCUT2D eigenvalue weighted by atomic mass is 35.5. The molecule has 0 saturated heterocycles. The van der Waals surface area contributed by atoms with Gasteiger partial charge in [0.15, 0.2) is 0 Å². The van der Waals surface area contributed by atoms with Crippen molar-refractivity contribution in [3.63, 3.8) is 0 Å². The first kappa shape index (κ1) is 22.8. The van der Waals surface area contributed by atoms with Gasteiger partial charge in [-0.2, -0.15) is 4.31 Å². The second-order valence-electron chi connectivity index (χ2n) is 6.30. The average Bonchev–Trinajstić information content (AvgIpc) is 2.68. The average molecular weight is 440 g/mol. The molecule has 156 valence electrons. The van der Waals surface area contributed by atoms with Crippen LogP contribution in [0.15, 0.2) is 47.4 Å². The zero-order valence-electron chi connectivity index (χ0n) is 16.1. The largest absolute Gasteiger partial charge is 0.322 e. The Morgan fingerprint density at radius 3 is 2.21 bits per heavy atom. The Hall–Kier alpha value is -2.49. The van der Waals surface area contributed by atoms with Crippen LogP contribution in [-0.2, 0) is 10.0 Å². The Bertz CT molecular complexity index is 987. The van der Waals surface area contributed by atoms with Crippen molar-refractivity contribution in [2.45, 2.75) is 31.6 Å². The third kappa shape index (κ3) is 5.53. The fourth-order valence-corrected chi connectivity index (χ4v) is 4.54. The maximum atomic E-state index is 12.8. The van der Waals surface area contributed by atoms with E-state index in [0.29, 0.717) is 31.6 Å². The number of amides is 1. The van der Waals surface area contributed by atoms with Crippen LogP contribution in [0.2, 0.25) is 5.02 Å². The van der Waals surface area contributed by atoms with Gasteiger partial charge in [-0.05, 0) is 43.2 Å². The highest BCUT2D eigenvalue weighted by molar-refractivity contribution is 7.89. The number of nitro groups is 1. The molecule has 10 heteroatoms. The third-order valence-electron chi connectivity index (χ3n) is 4.10. The van der Waals surface area contributed by atoms with E-state index in [0.717, 1.165) is 6.07 Å². The normalized spacial score (nSPS) is 11.4. The van der Waals surface area contributed by atoms with Crippen LogP contribution in [0.1, 0.15) is 37.0 Å². The molecule has 0 unspecified atom stereocenters. The summed E-state index contributed by atoms with van der Waals surface area (Å²) in [4.78, 5) is 22.8. The van der Waals surface area contributed by atoms with Crippen molar-refractivity contribution in [3.8, 4) is 0 Å². The van der Waals surface area contributed by atoms with Crippen LogP contribution in [0.3, 0.4) is 0 Å². The smallest absolute Gasteiger partial charge is 0.270 e. The lowest BCUT2D eigenvalue weighted by Crippen LogP contribution is -2.32. The predicted octanol–water partition coefficient (Wildman–Crippen LogP) is 4.31. The Morgan fingerprint density at radius 2 is 1.69 bits per heavy atom. The number of carbonyl (C=O) groups is 1. The Balaban J connectivity index is 2.22. The van der Waals surface area contributed by atoms with Crippen LogP contribution < -0.4 is 5.32 Å². The van der Waals surface area contributed by atoms with Gasteiger partial charge in [-0.3, -0.25) is 14.9 Å². The van der Waals surface area contributed by atoms with Crippen molar-refractivity contribution >= 4 is 38.9 Å². The van der Waals surface area contributed by atoms with Gasteiger partial charge in [-0.1, -0.05) is 25.4 Å². The van der Waals surface area contributed by atoms with Crippen LogP contribution in [-0.4, -0.2) is 36.6 Å². The van der Waals surface area contributed by atoms with Crippen LogP contribution in [0, 0.1) is 10.1 Å². The highest BCUT2D eigenvalue weighted by Gasteiger charge is 2.23. The number of nitrogens with zero attached hydrogens (tertiary/aromatic N) is 2. The summed E-state index contributed by atoms with van der Waals surface area (Å²) in [6.45, 7) is 4.69. The molecular formula is C19H22ClN3O5S. The zero-order valence-corrected chi connectivity index (χ0v) is 17.7. The topological polar surface area (TPSA) is 110 Å². The second kappa shape index (κ2) is 9.82. The number of benzene rings is 2. The molecule has 0 bridgehead atoms. The van der Waals surface area contributed by atoms with Crippen LogP contribution in [0.25, 0.3) is 0 Å². The van der Waals surface area contributed by atoms with Gasteiger partial charge in [0.05, 0.1) is 20.4 Å². The van der Waals surface area contributed by atoms with Crippen LogP contribution in [0.5, 0.6) is 0 Å². The molecule has 2 rings (SSSR count). The minimum absolute atomic E-state index is 0.0466. The standard InChI is InChI=1S/C19H22ClN3O5S/c1-3-11-22(12-4-2)29(27,28)16-8-5-14(6-9-16)21-19(24)17-13-15(23(25)26)7-10-18(17)20/h5-10,13H,3-4,11-12H2,1-2H3,(H,21,24). The molecule has 0 aliphatic carbocycles. The van der Waals surface area contributed by atoms with E-state index < -0.39 is 20.9 Å². The van der Waals surface area contributed by atoms with Gasteiger partial charge < -0.3 is 5.32 Å². The summed E-state index contributed by atoms with van der Waals surface area (Å²) in [5, 5.41) is 13.5. The van der Waals surface area contributed by atoms with Crippen LogP contribution in [0.4, 0.5) is 11.4 Å². The van der Waals surface area contributed by atoms with Crippen molar-refractivity contribution in [3.05, 3.63) is 63.2 Å². The van der Waals surface area contributed by atoms with Gasteiger partial charge in [0.2, 0.25) is 10.0 Å². The van der Waals surface area contributed by atoms with Gasteiger partial charge in [0.1, 0.15) is 0 Å². The monoisotopic (exact) mass is 439 g/mol. The van der Waals surface area contributed by atoms with Gasteiger partial charge in [0, 0.05) is 30.9 Å². The number of nitro benzene ring substituents is 1. The molecule has 0 fully saturated rings. The lowest BCUT2D eigenvalue weighted by atomic mass is 10.2. The molecule has 0 saturated carbocycles. The lowest BCUT2D eigenvalue weighted by Gasteiger charge is -2.21. The van der Waals surface area contributed by atoms with Crippen molar-refractivity contribution < 1.29 is 18.1 Å². The number of rotatable bonds is 9. The number of sulfonamides is 1. The van der Waals surface area contributed by atoms with Gasteiger partial charge in [0.25, 0.3) is 11.6 Å². The number of hydrogen-bond acceptors (Lipinski definition) is 5. The van der Waals surface area contributed by atoms with Crippen molar-refractivity contribution in [1.82, 2.24) is 4.31 Å². The molecule has 0 spiro atoms. The summed E-state index contributed by atoms with van der Waals surface area (Å²) in [5.41, 5.74) is 0.0385. The molecule has 8 nitrogen and oxygen atoms in total. The van der Waals surface area contributed by atoms with Crippen molar-refractivity contribution in [1.29, 1.82) is 0 Å². The maximum Gasteiger partial charge on any atom is 0.270 e. The van der Waals surface area contributed by atoms with Gasteiger partial charge in [-0.15, -0.1) is 0 Å². The molecule has 0 heterocycles. The van der Waals surface area contributed by atoms with E-state index in [4.69, 9.17) is 11.6 Å². The lowest BCUT2D eigenvalue weighted by molar-refractivity contribution is -0.384. The van der Waals surface area contributed by atoms with E-state index >= 15 is 0 Å². The van der Waals surface area contributed by atoms with E-state index in [1.807, 2.05) is 13.8 Å². The number of anilines is 1. The molecule has 0 atom stereocenters. The third-order valence-corrected chi connectivity index (χ3v) is 6.34. The van der Waals surface area contributed by atoms with E-state index in [2.05, 4.69) is 5.32 Å². The maximum absolute atomic E-state index is 12.8. The van der Waals surface area contributed by atoms with Gasteiger partial charge >= 0.3 is 0 Å². The number of hydrogen-bond donors (Lipinski definition) is 1.